The van der Waals surface area contributed by atoms with Gasteiger partial charge in [-0.25, -0.2) is 0 Å². The van der Waals surface area contributed by atoms with Crippen molar-refractivity contribution in [1.29, 1.82) is 0 Å². The molecule has 154 valence electrons. The first-order valence-corrected chi connectivity index (χ1v) is 9.63. The summed E-state index contributed by atoms with van der Waals surface area (Å²) in [5, 5.41) is 23.0. The maximum atomic E-state index is 13.0. The number of halogens is 1. The molecule has 1 fully saturated rings. The SMILES string of the molecule is O=C1C(=O)N(c2cccc(Cl)c2)[C@H](c2ccccc2[N+](=O)[O-])C1=C(O)c1ccccc1. The summed E-state index contributed by atoms with van der Waals surface area (Å²) < 4.78 is 0. The van der Waals surface area contributed by atoms with Gasteiger partial charge in [-0.05, 0) is 24.3 Å². The first kappa shape index (κ1) is 20.3. The van der Waals surface area contributed by atoms with E-state index in [0.717, 1.165) is 4.90 Å². The Bertz CT molecular complexity index is 1240. The Morgan fingerprint density at radius 2 is 1.65 bits per heavy atom. The van der Waals surface area contributed by atoms with Crippen LogP contribution in [0.25, 0.3) is 5.76 Å². The van der Waals surface area contributed by atoms with Crippen molar-refractivity contribution in [3.05, 3.63) is 111 Å². The maximum absolute atomic E-state index is 13.0. The van der Waals surface area contributed by atoms with Gasteiger partial charge >= 0.3 is 0 Å². The van der Waals surface area contributed by atoms with Crippen LogP contribution in [-0.4, -0.2) is 21.7 Å². The molecule has 0 unspecified atom stereocenters. The van der Waals surface area contributed by atoms with E-state index in [-0.39, 0.29) is 22.5 Å². The maximum Gasteiger partial charge on any atom is 0.300 e. The molecule has 0 radical (unpaired) electrons. The van der Waals surface area contributed by atoms with Gasteiger partial charge in [0.05, 0.1) is 16.1 Å². The van der Waals surface area contributed by atoms with Crippen LogP contribution in [0.4, 0.5) is 11.4 Å². The summed E-state index contributed by atoms with van der Waals surface area (Å²) >= 11 is 6.09. The van der Waals surface area contributed by atoms with Gasteiger partial charge in [-0.15, -0.1) is 0 Å². The lowest BCUT2D eigenvalue weighted by Crippen LogP contribution is -2.29. The second-order valence-corrected chi connectivity index (χ2v) is 7.27. The molecular weight excluding hydrogens is 420 g/mol. The summed E-state index contributed by atoms with van der Waals surface area (Å²) in [6.45, 7) is 0. The molecule has 1 aliphatic rings. The summed E-state index contributed by atoms with van der Waals surface area (Å²) in [4.78, 5) is 38.3. The molecule has 4 rings (SSSR count). The highest BCUT2D eigenvalue weighted by Crippen LogP contribution is 2.45. The molecule has 0 aliphatic carbocycles. The zero-order chi connectivity index (χ0) is 22.1. The van der Waals surface area contributed by atoms with E-state index in [4.69, 9.17) is 11.6 Å². The quantitative estimate of drug-likeness (QED) is 0.207. The molecule has 1 amide bonds. The minimum atomic E-state index is -1.21. The lowest BCUT2D eigenvalue weighted by Gasteiger charge is -2.25. The molecule has 1 aliphatic heterocycles. The van der Waals surface area contributed by atoms with Gasteiger partial charge in [-0.1, -0.05) is 60.1 Å². The van der Waals surface area contributed by atoms with Gasteiger partial charge in [0.25, 0.3) is 17.4 Å². The third-order valence-corrected chi connectivity index (χ3v) is 5.24. The van der Waals surface area contributed by atoms with Gasteiger partial charge < -0.3 is 5.11 Å². The van der Waals surface area contributed by atoms with E-state index in [2.05, 4.69) is 0 Å². The average molecular weight is 435 g/mol. The van der Waals surface area contributed by atoms with E-state index >= 15 is 0 Å². The second kappa shape index (κ2) is 8.04. The minimum absolute atomic E-state index is 0.101. The summed E-state index contributed by atoms with van der Waals surface area (Å²) in [5.41, 5.74) is 0.190. The number of hydrogen-bond donors (Lipinski definition) is 1. The molecule has 1 heterocycles. The van der Waals surface area contributed by atoms with Crippen molar-refractivity contribution in [2.24, 2.45) is 0 Å². The Morgan fingerprint density at radius 1 is 0.968 bits per heavy atom. The summed E-state index contributed by atoms with van der Waals surface area (Å²) in [6, 6.07) is 19.1. The highest BCUT2D eigenvalue weighted by atomic mass is 35.5. The lowest BCUT2D eigenvalue weighted by molar-refractivity contribution is -0.385. The fourth-order valence-electron chi connectivity index (χ4n) is 3.66. The molecule has 7 nitrogen and oxygen atoms in total. The van der Waals surface area contributed by atoms with E-state index in [1.165, 1.54) is 24.3 Å². The van der Waals surface area contributed by atoms with Crippen molar-refractivity contribution in [3.8, 4) is 0 Å². The van der Waals surface area contributed by atoms with Crippen LogP contribution in [0.1, 0.15) is 17.2 Å². The summed E-state index contributed by atoms with van der Waals surface area (Å²) in [5.74, 6) is -2.26. The molecule has 31 heavy (non-hydrogen) atoms. The van der Waals surface area contributed by atoms with Crippen LogP contribution in [0.15, 0.2) is 84.4 Å². The normalized spacial score (nSPS) is 17.7. The Hall–Kier alpha value is -3.97. The molecular formula is C23H15ClN2O5. The number of hydrogen-bond acceptors (Lipinski definition) is 5. The van der Waals surface area contributed by atoms with E-state index in [1.54, 1.807) is 54.6 Å². The smallest absolute Gasteiger partial charge is 0.300 e. The number of nitro groups is 1. The predicted molar refractivity (Wildman–Crippen MR) is 116 cm³/mol. The van der Waals surface area contributed by atoms with Gasteiger partial charge in [0, 0.05) is 22.3 Å². The molecule has 3 aromatic carbocycles. The van der Waals surface area contributed by atoms with Crippen molar-refractivity contribution in [3.63, 3.8) is 0 Å². The van der Waals surface area contributed by atoms with E-state index in [0.29, 0.717) is 10.6 Å². The van der Waals surface area contributed by atoms with Gasteiger partial charge in [0.2, 0.25) is 0 Å². The highest BCUT2D eigenvalue weighted by Gasteiger charge is 2.48. The topological polar surface area (TPSA) is 101 Å². The standard InChI is InChI=1S/C23H15ClN2O5/c24-15-9-6-10-16(13-15)25-20(17-11-4-5-12-18(17)26(30)31)19(22(28)23(25)29)21(27)14-7-2-1-3-8-14/h1-13,20,27H/t20-/m1/s1. The van der Waals surface area contributed by atoms with Crippen LogP contribution < -0.4 is 4.90 Å². The number of para-hydroxylation sites is 1. The van der Waals surface area contributed by atoms with Crippen LogP contribution in [0.3, 0.4) is 0 Å². The Balaban J connectivity index is 2.02. The third kappa shape index (κ3) is 3.55. The van der Waals surface area contributed by atoms with Crippen LogP contribution >= 0.6 is 11.6 Å². The fourth-order valence-corrected chi connectivity index (χ4v) is 3.84. The van der Waals surface area contributed by atoms with E-state index < -0.39 is 28.4 Å². The number of aliphatic hydroxyl groups excluding tert-OH is 1. The molecule has 1 saturated heterocycles. The van der Waals surface area contributed by atoms with Crippen molar-refractivity contribution in [1.82, 2.24) is 0 Å². The first-order chi connectivity index (χ1) is 14.9. The predicted octanol–water partition coefficient (Wildman–Crippen LogP) is 4.87. The number of carbonyl (C=O) groups is 2. The van der Waals surface area contributed by atoms with Crippen LogP contribution in [0.2, 0.25) is 5.02 Å². The number of ketones is 1. The number of amides is 1. The Morgan fingerprint density at radius 3 is 2.32 bits per heavy atom. The summed E-state index contributed by atoms with van der Waals surface area (Å²) in [6.07, 6.45) is 0. The number of aliphatic hydroxyl groups is 1. The number of carbonyl (C=O) groups excluding carboxylic acids is 2. The highest BCUT2D eigenvalue weighted by molar-refractivity contribution is 6.52. The second-order valence-electron chi connectivity index (χ2n) is 6.83. The Kier molecular flexibility index (Phi) is 5.27. The molecule has 1 N–H and O–H groups in total. The van der Waals surface area contributed by atoms with Crippen molar-refractivity contribution in [2.45, 2.75) is 6.04 Å². The van der Waals surface area contributed by atoms with Gasteiger partial charge in [-0.2, -0.15) is 0 Å². The minimum Gasteiger partial charge on any atom is -0.507 e. The number of nitro benzene ring substituents is 1. The van der Waals surface area contributed by atoms with Crippen molar-refractivity contribution in [2.75, 3.05) is 4.90 Å². The van der Waals surface area contributed by atoms with Crippen LogP contribution in [-0.2, 0) is 9.59 Å². The number of rotatable bonds is 4. The number of anilines is 1. The molecule has 0 bridgehead atoms. The molecule has 0 saturated carbocycles. The van der Waals surface area contributed by atoms with Gasteiger partial charge in [0.15, 0.2) is 0 Å². The Labute approximate surface area is 182 Å². The van der Waals surface area contributed by atoms with Crippen molar-refractivity contribution < 1.29 is 19.6 Å². The van der Waals surface area contributed by atoms with Crippen LogP contribution in [0.5, 0.6) is 0 Å². The van der Waals surface area contributed by atoms with E-state index in [1.807, 2.05) is 0 Å². The zero-order valence-corrected chi connectivity index (χ0v) is 16.7. The molecule has 0 aromatic heterocycles. The van der Waals surface area contributed by atoms with Gasteiger partial charge in [-0.3, -0.25) is 24.6 Å². The third-order valence-electron chi connectivity index (χ3n) is 5.01. The fraction of sp³-hybridized carbons (Fsp3) is 0.0435. The average Bonchev–Trinajstić information content (AvgIpc) is 3.04. The van der Waals surface area contributed by atoms with E-state index in [9.17, 15) is 24.8 Å². The lowest BCUT2D eigenvalue weighted by atomic mass is 9.94. The first-order valence-electron chi connectivity index (χ1n) is 9.25. The molecule has 8 heteroatoms. The number of Topliss-reactive ketones (excluding diaryl/α,β-unsaturated/α-hetero) is 1. The molecule has 1 atom stereocenters. The molecule has 3 aromatic rings. The van der Waals surface area contributed by atoms with Crippen molar-refractivity contribution >= 4 is 40.4 Å². The zero-order valence-electron chi connectivity index (χ0n) is 15.9. The van der Waals surface area contributed by atoms with Gasteiger partial charge in [0.1, 0.15) is 11.8 Å². The largest absolute Gasteiger partial charge is 0.507 e. The van der Waals surface area contributed by atoms with Crippen LogP contribution in [0, 0.1) is 10.1 Å². The number of benzene rings is 3. The monoisotopic (exact) mass is 434 g/mol. The number of nitrogens with zero attached hydrogens (tertiary/aromatic N) is 2. The summed E-state index contributed by atoms with van der Waals surface area (Å²) in [7, 11) is 0. The molecule has 0 spiro atoms.